The van der Waals surface area contributed by atoms with E-state index in [-0.39, 0.29) is 23.6 Å². The molecule has 2 aliphatic rings. The first-order chi connectivity index (χ1) is 12.9. The van der Waals surface area contributed by atoms with Gasteiger partial charge in [-0.3, -0.25) is 4.79 Å². The van der Waals surface area contributed by atoms with E-state index in [9.17, 15) is 13.2 Å². The fourth-order valence-corrected chi connectivity index (χ4v) is 5.60. The fraction of sp³-hybridized carbons (Fsp3) is 0.684. The van der Waals surface area contributed by atoms with E-state index >= 15 is 0 Å². The molecule has 2 saturated heterocycles. The molecule has 8 heteroatoms. The molecule has 1 unspecified atom stereocenters. The van der Waals surface area contributed by atoms with Crippen molar-refractivity contribution in [2.45, 2.75) is 45.1 Å². The van der Waals surface area contributed by atoms with E-state index in [1.807, 2.05) is 24.0 Å². The lowest BCUT2D eigenvalue weighted by atomic mass is 9.91. The average Bonchev–Trinajstić information content (AvgIpc) is 3.00. The van der Waals surface area contributed by atoms with Crippen LogP contribution in [0.2, 0.25) is 0 Å². The molecule has 0 spiro atoms. The van der Waals surface area contributed by atoms with Crippen LogP contribution >= 0.6 is 0 Å². The summed E-state index contributed by atoms with van der Waals surface area (Å²) in [6.45, 7) is 3.70. The summed E-state index contributed by atoms with van der Waals surface area (Å²) < 4.78 is 31.0. The first-order valence-corrected chi connectivity index (χ1v) is 11.3. The molecule has 1 amide bonds. The van der Waals surface area contributed by atoms with Gasteiger partial charge in [0.15, 0.2) is 0 Å². The van der Waals surface area contributed by atoms with Crippen molar-refractivity contribution in [2.75, 3.05) is 32.5 Å². The van der Waals surface area contributed by atoms with Gasteiger partial charge in [0.05, 0.1) is 12.9 Å². The van der Waals surface area contributed by atoms with Gasteiger partial charge in [0, 0.05) is 49.8 Å². The molecule has 2 atom stereocenters. The number of piperidine rings is 1. The number of ether oxygens (including phenoxy) is 1. The molecule has 27 heavy (non-hydrogen) atoms. The van der Waals surface area contributed by atoms with Crippen molar-refractivity contribution in [1.82, 2.24) is 14.2 Å². The number of carbonyl (C=O) groups is 1. The van der Waals surface area contributed by atoms with Gasteiger partial charge in [-0.25, -0.2) is 13.4 Å². The van der Waals surface area contributed by atoms with Gasteiger partial charge in [-0.2, -0.15) is 4.31 Å². The Balaban J connectivity index is 1.69. The Morgan fingerprint density at radius 2 is 2.11 bits per heavy atom. The van der Waals surface area contributed by atoms with Crippen LogP contribution in [0.15, 0.2) is 18.2 Å². The Labute approximate surface area is 161 Å². The summed E-state index contributed by atoms with van der Waals surface area (Å²) >= 11 is 0. The minimum atomic E-state index is -3.15. The molecule has 0 aromatic carbocycles. The predicted octanol–water partition coefficient (Wildman–Crippen LogP) is 1.69. The van der Waals surface area contributed by atoms with Crippen LogP contribution in [0.1, 0.15) is 38.3 Å². The Bertz CT molecular complexity index is 768. The maximum atomic E-state index is 13.1. The van der Waals surface area contributed by atoms with Crippen LogP contribution in [-0.2, 0) is 21.2 Å². The zero-order valence-corrected chi connectivity index (χ0v) is 17.0. The van der Waals surface area contributed by atoms with Crippen molar-refractivity contribution in [3.05, 3.63) is 23.9 Å². The van der Waals surface area contributed by atoms with Crippen molar-refractivity contribution in [3.8, 4) is 5.88 Å². The maximum Gasteiger partial charge on any atom is 0.226 e. The molecule has 0 radical (unpaired) electrons. The monoisotopic (exact) mass is 395 g/mol. The number of rotatable bonds is 7. The van der Waals surface area contributed by atoms with Gasteiger partial charge in [-0.05, 0) is 31.7 Å². The van der Waals surface area contributed by atoms with Crippen LogP contribution in [0.25, 0.3) is 0 Å². The zero-order valence-electron chi connectivity index (χ0n) is 16.1. The Hall–Kier alpha value is -1.67. The SMILES string of the molecule is CC[C@@H](CN1CCCS1(=O)=O)N1CCCC(Cc2cccc(OC)n2)C1=O. The second kappa shape index (κ2) is 8.56. The molecule has 0 saturated carbocycles. The number of nitrogens with zero attached hydrogens (tertiary/aromatic N) is 3. The van der Waals surface area contributed by atoms with Gasteiger partial charge in [0.2, 0.25) is 21.8 Å². The van der Waals surface area contributed by atoms with Gasteiger partial charge < -0.3 is 9.64 Å². The molecule has 3 heterocycles. The number of hydrogen-bond donors (Lipinski definition) is 0. The van der Waals surface area contributed by atoms with E-state index < -0.39 is 10.0 Å². The Morgan fingerprint density at radius 1 is 1.30 bits per heavy atom. The van der Waals surface area contributed by atoms with Crippen molar-refractivity contribution in [1.29, 1.82) is 0 Å². The topological polar surface area (TPSA) is 79.8 Å². The smallest absolute Gasteiger partial charge is 0.226 e. The van der Waals surface area contributed by atoms with Crippen molar-refractivity contribution < 1.29 is 17.9 Å². The molecular weight excluding hydrogens is 366 g/mol. The molecule has 3 rings (SSSR count). The minimum absolute atomic E-state index is 0.0635. The van der Waals surface area contributed by atoms with Crippen LogP contribution in [-0.4, -0.2) is 67.1 Å². The van der Waals surface area contributed by atoms with Crippen LogP contribution in [0, 0.1) is 5.92 Å². The number of pyridine rings is 1. The Morgan fingerprint density at radius 3 is 2.78 bits per heavy atom. The van der Waals surface area contributed by atoms with Crippen LogP contribution in [0.5, 0.6) is 5.88 Å². The lowest BCUT2D eigenvalue weighted by Crippen LogP contribution is -2.51. The van der Waals surface area contributed by atoms with Crippen LogP contribution in [0.4, 0.5) is 0 Å². The van der Waals surface area contributed by atoms with E-state index in [0.717, 1.165) is 25.0 Å². The molecule has 0 aliphatic carbocycles. The molecule has 1 aromatic heterocycles. The van der Waals surface area contributed by atoms with Gasteiger partial charge in [0.25, 0.3) is 0 Å². The number of amides is 1. The third-order valence-corrected chi connectivity index (χ3v) is 7.48. The molecular formula is C19H29N3O4S. The second-order valence-corrected chi connectivity index (χ2v) is 9.42. The van der Waals surface area contributed by atoms with E-state index in [4.69, 9.17) is 4.74 Å². The number of carbonyl (C=O) groups excluding carboxylic acids is 1. The summed E-state index contributed by atoms with van der Waals surface area (Å²) in [5.41, 5.74) is 0.852. The van der Waals surface area contributed by atoms with Gasteiger partial charge >= 0.3 is 0 Å². The maximum absolute atomic E-state index is 13.1. The van der Waals surface area contributed by atoms with Crippen molar-refractivity contribution in [3.63, 3.8) is 0 Å². The highest BCUT2D eigenvalue weighted by Crippen LogP contribution is 2.26. The third kappa shape index (κ3) is 4.60. The minimum Gasteiger partial charge on any atom is -0.481 e. The summed E-state index contributed by atoms with van der Waals surface area (Å²) in [4.78, 5) is 19.5. The largest absolute Gasteiger partial charge is 0.481 e. The lowest BCUT2D eigenvalue weighted by Gasteiger charge is -2.39. The zero-order chi connectivity index (χ0) is 19.4. The number of hydrogen-bond acceptors (Lipinski definition) is 5. The molecule has 0 N–H and O–H groups in total. The van der Waals surface area contributed by atoms with Crippen molar-refractivity contribution in [2.24, 2.45) is 5.92 Å². The normalized spacial score (nSPS) is 24.1. The quantitative estimate of drug-likeness (QED) is 0.702. The first-order valence-electron chi connectivity index (χ1n) is 9.73. The lowest BCUT2D eigenvalue weighted by molar-refractivity contribution is -0.141. The van der Waals surface area contributed by atoms with Crippen molar-refractivity contribution >= 4 is 15.9 Å². The summed E-state index contributed by atoms with van der Waals surface area (Å²) in [5.74, 6) is 0.789. The molecule has 7 nitrogen and oxygen atoms in total. The third-order valence-electron chi connectivity index (χ3n) is 5.56. The highest BCUT2D eigenvalue weighted by Gasteiger charge is 2.36. The summed E-state index contributed by atoms with van der Waals surface area (Å²) in [5, 5.41) is 0. The fourth-order valence-electron chi connectivity index (χ4n) is 4.04. The van der Waals surface area contributed by atoms with Gasteiger partial charge in [-0.15, -0.1) is 0 Å². The van der Waals surface area contributed by atoms with Gasteiger partial charge in [-0.1, -0.05) is 13.0 Å². The summed E-state index contributed by atoms with van der Waals surface area (Å²) in [6, 6.07) is 5.54. The molecule has 150 valence electrons. The van der Waals surface area contributed by atoms with Crippen LogP contribution < -0.4 is 4.74 Å². The molecule has 2 aliphatic heterocycles. The number of likely N-dealkylation sites (tertiary alicyclic amines) is 1. The second-order valence-electron chi connectivity index (χ2n) is 7.34. The standard InChI is InChI=1S/C19H29N3O4S/c1-3-17(14-21-10-6-12-27(21,24)25)22-11-5-7-15(19(22)23)13-16-8-4-9-18(20-16)26-2/h4,8-9,15,17H,3,5-7,10-14H2,1-2H3/t15?,17-/m0/s1. The average molecular weight is 396 g/mol. The van der Waals surface area contributed by atoms with Gasteiger partial charge in [0.1, 0.15) is 0 Å². The van der Waals surface area contributed by atoms with E-state index in [2.05, 4.69) is 4.98 Å². The van der Waals surface area contributed by atoms with Crippen LogP contribution in [0.3, 0.4) is 0 Å². The highest BCUT2D eigenvalue weighted by molar-refractivity contribution is 7.89. The predicted molar refractivity (Wildman–Crippen MR) is 103 cm³/mol. The molecule has 1 aromatic rings. The highest BCUT2D eigenvalue weighted by atomic mass is 32.2. The molecule has 2 fully saturated rings. The Kier molecular flexibility index (Phi) is 6.37. The number of methoxy groups -OCH3 is 1. The number of sulfonamides is 1. The van der Waals surface area contributed by atoms with E-state index in [0.29, 0.717) is 38.4 Å². The summed E-state index contributed by atoms with van der Waals surface area (Å²) in [7, 11) is -1.57. The molecule has 0 bridgehead atoms. The first kappa shape index (κ1) is 20.1. The van der Waals surface area contributed by atoms with E-state index in [1.165, 1.54) is 0 Å². The number of aromatic nitrogens is 1. The summed E-state index contributed by atoms with van der Waals surface area (Å²) in [6.07, 6.45) is 3.79. The van der Waals surface area contributed by atoms with E-state index in [1.54, 1.807) is 17.5 Å².